The second kappa shape index (κ2) is 3.47. The summed E-state index contributed by atoms with van der Waals surface area (Å²) in [5.74, 6) is 1.22. The van der Waals surface area contributed by atoms with Gasteiger partial charge in [0.1, 0.15) is 0 Å². The molecule has 0 aromatic heterocycles. The molecule has 54 valence electrons. The van der Waals surface area contributed by atoms with Crippen LogP contribution in [0, 0.1) is 0 Å². The lowest BCUT2D eigenvalue weighted by molar-refractivity contribution is 0.716. The van der Waals surface area contributed by atoms with Gasteiger partial charge in [0.05, 0.1) is 0 Å². The van der Waals surface area contributed by atoms with Crippen LogP contribution in [0.4, 0.5) is 0 Å². The third kappa shape index (κ3) is 1.87. The van der Waals surface area contributed by atoms with Gasteiger partial charge in [-0.15, -0.1) is 0 Å². The highest BCUT2D eigenvalue weighted by molar-refractivity contribution is 7.99. The van der Waals surface area contributed by atoms with Crippen molar-refractivity contribution in [3.63, 3.8) is 0 Å². The van der Waals surface area contributed by atoms with E-state index in [1.165, 1.54) is 25.0 Å². The Morgan fingerprint density at radius 3 is 2.78 bits per heavy atom. The smallest absolute Gasteiger partial charge is 0.0198 e. The Morgan fingerprint density at radius 2 is 2.33 bits per heavy atom. The summed E-state index contributed by atoms with van der Waals surface area (Å²) in [6.45, 7) is 2.20. The predicted octanol–water partition coefficient (Wildman–Crippen LogP) is 1.62. The second-order valence-electron chi connectivity index (χ2n) is 2.59. The molecule has 1 fully saturated rings. The first-order valence-electron chi connectivity index (χ1n) is 3.71. The maximum atomic E-state index is 5.84. The van der Waals surface area contributed by atoms with Crippen LogP contribution in [0.25, 0.3) is 0 Å². The minimum atomic E-state index is 0.495. The summed E-state index contributed by atoms with van der Waals surface area (Å²) in [5, 5.41) is 0.773. The van der Waals surface area contributed by atoms with Crippen LogP contribution in [0.1, 0.15) is 26.2 Å². The van der Waals surface area contributed by atoms with Crippen molar-refractivity contribution in [2.75, 3.05) is 5.75 Å². The molecule has 1 aliphatic rings. The van der Waals surface area contributed by atoms with E-state index in [1.807, 2.05) is 11.8 Å². The Bertz CT molecular complexity index is 85.0. The number of rotatable bonds is 2. The summed E-state index contributed by atoms with van der Waals surface area (Å²) in [6, 6.07) is 0.495. The summed E-state index contributed by atoms with van der Waals surface area (Å²) in [5.41, 5.74) is 5.84. The number of thioether (sulfide) groups is 1. The average Bonchev–Trinajstić information content (AvgIpc) is 2.18. The third-order valence-corrected chi connectivity index (χ3v) is 3.23. The van der Waals surface area contributed by atoms with E-state index in [4.69, 9.17) is 5.73 Å². The van der Waals surface area contributed by atoms with Crippen LogP contribution < -0.4 is 5.73 Å². The fourth-order valence-electron chi connectivity index (χ4n) is 1.38. The Balaban J connectivity index is 2.22. The molecule has 0 radical (unpaired) electrons. The van der Waals surface area contributed by atoms with Gasteiger partial charge in [-0.2, -0.15) is 11.8 Å². The van der Waals surface area contributed by atoms with Crippen molar-refractivity contribution in [3.05, 3.63) is 0 Å². The van der Waals surface area contributed by atoms with E-state index in [1.54, 1.807) is 0 Å². The summed E-state index contributed by atoms with van der Waals surface area (Å²) in [6.07, 6.45) is 3.94. The zero-order valence-corrected chi connectivity index (χ0v) is 6.79. The first-order chi connectivity index (χ1) is 4.34. The third-order valence-electron chi connectivity index (χ3n) is 1.88. The molecule has 2 unspecified atom stereocenters. The van der Waals surface area contributed by atoms with Crippen LogP contribution in [0.5, 0.6) is 0 Å². The maximum Gasteiger partial charge on any atom is 0.0198 e. The molecule has 0 bridgehead atoms. The van der Waals surface area contributed by atoms with Crippen molar-refractivity contribution < 1.29 is 0 Å². The van der Waals surface area contributed by atoms with Crippen molar-refractivity contribution in [1.29, 1.82) is 0 Å². The summed E-state index contributed by atoms with van der Waals surface area (Å²) < 4.78 is 0. The van der Waals surface area contributed by atoms with Gasteiger partial charge in [0.2, 0.25) is 0 Å². The lowest BCUT2D eigenvalue weighted by atomic mass is 10.3. The van der Waals surface area contributed by atoms with Gasteiger partial charge in [-0.3, -0.25) is 0 Å². The molecule has 0 aromatic rings. The van der Waals surface area contributed by atoms with Gasteiger partial charge in [-0.1, -0.05) is 13.3 Å². The first kappa shape index (κ1) is 7.42. The SMILES string of the molecule is CCSC1CCCC1N. The van der Waals surface area contributed by atoms with E-state index in [0.29, 0.717) is 6.04 Å². The van der Waals surface area contributed by atoms with E-state index in [2.05, 4.69) is 6.92 Å². The maximum absolute atomic E-state index is 5.84. The fraction of sp³-hybridized carbons (Fsp3) is 1.00. The molecule has 2 heteroatoms. The molecule has 0 aromatic carbocycles. The quantitative estimate of drug-likeness (QED) is 0.639. The van der Waals surface area contributed by atoms with E-state index in [-0.39, 0.29) is 0 Å². The zero-order valence-electron chi connectivity index (χ0n) is 5.97. The lowest BCUT2D eigenvalue weighted by Gasteiger charge is -2.12. The number of nitrogens with two attached hydrogens (primary N) is 1. The van der Waals surface area contributed by atoms with E-state index < -0.39 is 0 Å². The highest BCUT2D eigenvalue weighted by Gasteiger charge is 2.22. The minimum absolute atomic E-state index is 0.495. The molecule has 2 N–H and O–H groups in total. The van der Waals surface area contributed by atoms with Gasteiger partial charge >= 0.3 is 0 Å². The lowest BCUT2D eigenvalue weighted by Crippen LogP contribution is -2.26. The molecule has 1 nitrogen and oxygen atoms in total. The molecule has 0 heterocycles. The molecule has 0 amide bonds. The average molecular weight is 145 g/mol. The molecule has 1 aliphatic carbocycles. The van der Waals surface area contributed by atoms with Crippen molar-refractivity contribution >= 4 is 11.8 Å². The molecular formula is C7H15NS. The molecule has 1 saturated carbocycles. The van der Waals surface area contributed by atoms with Gasteiger partial charge in [-0.05, 0) is 18.6 Å². The largest absolute Gasteiger partial charge is 0.327 e. The number of hydrogen-bond donors (Lipinski definition) is 1. The van der Waals surface area contributed by atoms with Crippen LogP contribution >= 0.6 is 11.8 Å². The van der Waals surface area contributed by atoms with Crippen LogP contribution in [-0.2, 0) is 0 Å². The minimum Gasteiger partial charge on any atom is -0.327 e. The Kier molecular flexibility index (Phi) is 2.86. The number of hydrogen-bond acceptors (Lipinski definition) is 2. The van der Waals surface area contributed by atoms with Crippen molar-refractivity contribution in [1.82, 2.24) is 0 Å². The molecule has 0 aliphatic heterocycles. The molecule has 1 rings (SSSR count). The molecule has 0 saturated heterocycles. The van der Waals surface area contributed by atoms with Gasteiger partial charge in [-0.25, -0.2) is 0 Å². The Hall–Kier alpha value is 0.310. The second-order valence-corrected chi connectivity index (χ2v) is 4.10. The standard InChI is InChI=1S/C7H15NS/c1-2-9-7-5-3-4-6(7)8/h6-7H,2-5,8H2,1H3. The topological polar surface area (TPSA) is 26.0 Å². The van der Waals surface area contributed by atoms with Gasteiger partial charge < -0.3 is 5.73 Å². The Labute approximate surface area is 61.4 Å². The predicted molar refractivity (Wildman–Crippen MR) is 43.7 cm³/mol. The molecule has 2 atom stereocenters. The highest BCUT2D eigenvalue weighted by Crippen LogP contribution is 2.28. The summed E-state index contributed by atoms with van der Waals surface area (Å²) in [7, 11) is 0. The normalized spacial score (nSPS) is 35.3. The zero-order chi connectivity index (χ0) is 6.69. The van der Waals surface area contributed by atoms with Gasteiger partial charge in [0, 0.05) is 11.3 Å². The van der Waals surface area contributed by atoms with Gasteiger partial charge in [0.25, 0.3) is 0 Å². The van der Waals surface area contributed by atoms with Crippen LogP contribution in [0.2, 0.25) is 0 Å². The van der Waals surface area contributed by atoms with Crippen molar-refractivity contribution in [2.45, 2.75) is 37.5 Å². The molecule has 0 spiro atoms. The molecular weight excluding hydrogens is 130 g/mol. The van der Waals surface area contributed by atoms with Crippen molar-refractivity contribution in [2.24, 2.45) is 5.73 Å². The van der Waals surface area contributed by atoms with E-state index in [0.717, 1.165) is 5.25 Å². The van der Waals surface area contributed by atoms with Crippen LogP contribution in [0.15, 0.2) is 0 Å². The molecule has 9 heavy (non-hydrogen) atoms. The fourth-order valence-corrected chi connectivity index (χ4v) is 2.52. The van der Waals surface area contributed by atoms with Crippen molar-refractivity contribution in [3.8, 4) is 0 Å². The summed E-state index contributed by atoms with van der Waals surface area (Å²) in [4.78, 5) is 0. The summed E-state index contributed by atoms with van der Waals surface area (Å²) >= 11 is 2.02. The van der Waals surface area contributed by atoms with E-state index in [9.17, 15) is 0 Å². The van der Waals surface area contributed by atoms with Crippen LogP contribution in [0.3, 0.4) is 0 Å². The van der Waals surface area contributed by atoms with E-state index >= 15 is 0 Å². The highest BCUT2D eigenvalue weighted by atomic mass is 32.2. The van der Waals surface area contributed by atoms with Crippen LogP contribution in [-0.4, -0.2) is 17.0 Å². The monoisotopic (exact) mass is 145 g/mol. The van der Waals surface area contributed by atoms with Gasteiger partial charge in [0.15, 0.2) is 0 Å². The first-order valence-corrected chi connectivity index (χ1v) is 4.76. The Morgan fingerprint density at radius 1 is 1.56 bits per heavy atom.